The topological polar surface area (TPSA) is 122 Å². The predicted molar refractivity (Wildman–Crippen MR) is 154 cm³/mol. The van der Waals surface area contributed by atoms with Gasteiger partial charge in [0.25, 0.3) is 0 Å². The van der Waals surface area contributed by atoms with Crippen LogP contribution in [0.1, 0.15) is 48.8 Å². The van der Waals surface area contributed by atoms with Crippen LogP contribution in [-0.4, -0.2) is 59.2 Å². The van der Waals surface area contributed by atoms with Crippen molar-refractivity contribution in [2.45, 2.75) is 50.8 Å². The molecule has 0 spiro atoms. The molecule has 0 bridgehead atoms. The van der Waals surface area contributed by atoms with E-state index >= 15 is 0 Å². The molecule has 2 N–H and O–H groups in total. The van der Waals surface area contributed by atoms with Crippen molar-refractivity contribution in [2.75, 3.05) is 13.2 Å². The average molecular weight is 571 g/mol. The summed E-state index contributed by atoms with van der Waals surface area (Å²) in [4.78, 5) is 52.9. The van der Waals surface area contributed by atoms with E-state index in [0.29, 0.717) is 12.8 Å². The number of amides is 2. The molecule has 0 aromatic heterocycles. The van der Waals surface area contributed by atoms with E-state index in [2.05, 4.69) is 5.32 Å². The smallest absolute Gasteiger partial charge is 0.407 e. The van der Waals surface area contributed by atoms with Crippen LogP contribution in [0.15, 0.2) is 78.9 Å². The Labute approximate surface area is 244 Å². The minimum atomic E-state index is -1.35. The van der Waals surface area contributed by atoms with Gasteiger partial charge in [-0.2, -0.15) is 0 Å². The van der Waals surface area contributed by atoms with E-state index in [1.165, 1.54) is 4.90 Å². The zero-order chi connectivity index (χ0) is 29.6. The number of carbonyl (C=O) groups is 4. The largest absolute Gasteiger partial charge is 0.480 e. The molecule has 42 heavy (non-hydrogen) atoms. The Morgan fingerprint density at radius 1 is 0.905 bits per heavy atom. The van der Waals surface area contributed by atoms with Crippen LogP contribution < -0.4 is 5.32 Å². The Hall–Kier alpha value is -4.66. The van der Waals surface area contributed by atoms with E-state index in [1.54, 1.807) is 19.1 Å². The molecule has 0 radical (unpaired) electrons. The van der Waals surface area contributed by atoms with E-state index < -0.39 is 42.4 Å². The van der Waals surface area contributed by atoms with E-state index in [-0.39, 0.29) is 31.6 Å². The molecule has 9 heteroatoms. The van der Waals surface area contributed by atoms with Gasteiger partial charge in [0.15, 0.2) is 0 Å². The predicted octanol–water partition coefficient (Wildman–Crippen LogP) is 4.74. The minimum absolute atomic E-state index is 0.00400. The number of carboxylic acid groups (broad SMARTS) is 1. The van der Waals surface area contributed by atoms with Crippen LogP contribution in [-0.2, 0) is 30.5 Å². The summed E-state index contributed by atoms with van der Waals surface area (Å²) in [5.41, 5.74) is 5.00. The van der Waals surface area contributed by atoms with E-state index in [4.69, 9.17) is 9.47 Å². The van der Waals surface area contributed by atoms with Crippen LogP contribution in [0.25, 0.3) is 11.1 Å². The summed E-state index contributed by atoms with van der Waals surface area (Å²) in [5, 5.41) is 12.4. The Balaban J connectivity index is 1.29. The number of benzene rings is 3. The van der Waals surface area contributed by atoms with Crippen LogP contribution in [0.2, 0.25) is 0 Å². The Morgan fingerprint density at radius 3 is 2.17 bits per heavy atom. The molecule has 1 fully saturated rings. The highest BCUT2D eigenvalue weighted by molar-refractivity contribution is 5.92. The van der Waals surface area contributed by atoms with Crippen molar-refractivity contribution < 1.29 is 33.8 Å². The van der Waals surface area contributed by atoms with Gasteiger partial charge < -0.3 is 24.8 Å². The quantitative estimate of drug-likeness (QED) is 0.357. The summed E-state index contributed by atoms with van der Waals surface area (Å²) in [6.45, 7) is 2.02. The third-order valence-electron chi connectivity index (χ3n) is 8.02. The van der Waals surface area contributed by atoms with Crippen molar-refractivity contribution >= 4 is 23.9 Å². The number of esters is 1. The minimum Gasteiger partial charge on any atom is -0.480 e. The van der Waals surface area contributed by atoms with Gasteiger partial charge in [0.05, 0.1) is 6.42 Å². The number of rotatable bonds is 9. The molecule has 9 nitrogen and oxygen atoms in total. The Kier molecular flexibility index (Phi) is 8.85. The average Bonchev–Trinajstić information content (AvgIpc) is 3.32. The maximum Gasteiger partial charge on any atom is 0.407 e. The maximum absolute atomic E-state index is 13.7. The number of likely N-dealkylation sites (tertiary alicyclic amines) is 1. The number of carboxylic acids is 1. The number of nitrogens with zero attached hydrogens (tertiary/aromatic N) is 1. The maximum atomic E-state index is 13.7. The summed E-state index contributed by atoms with van der Waals surface area (Å²) in [7, 11) is 0. The first kappa shape index (κ1) is 28.9. The van der Waals surface area contributed by atoms with Gasteiger partial charge in [0, 0.05) is 12.5 Å². The molecule has 1 heterocycles. The number of ether oxygens (including phenoxy) is 2. The van der Waals surface area contributed by atoms with Crippen LogP contribution >= 0.6 is 0 Å². The van der Waals surface area contributed by atoms with Crippen molar-refractivity contribution in [3.8, 4) is 11.1 Å². The van der Waals surface area contributed by atoms with Gasteiger partial charge in [-0.15, -0.1) is 0 Å². The zero-order valence-electron chi connectivity index (χ0n) is 23.4. The summed E-state index contributed by atoms with van der Waals surface area (Å²) in [5.74, 6) is -2.94. The zero-order valence-corrected chi connectivity index (χ0v) is 23.4. The van der Waals surface area contributed by atoms with Gasteiger partial charge in [-0.05, 0) is 46.6 Å². The SMILES string of the molecule is CC1CCCN(C(=O)[C@H](CC(=O)OCc2ccccc2)NC(=O)OCC2c3ccccc3-c3ccccc32)C1C(=O)O. The monoisotopic (exact) mass is 570 g/mol. The van der Waals surface area contributed by atoms with Crippen molar-refractivity contribution in [1.29, 1.82) is 0 Å². The molecule has 3 atom stereocenters. The molecule has 1 aliphatic carbocycles. The number of piperidine rings is 1. The highest BCUT2D eigenvalue weighted by atomic mass is 16.5. The molecule has 3 aromatic carbocycles. The fourth-order valence-corrected chi connectivity index (χ4v) is 5.96. The second-order valence-corrected chi connectivity index (χ2v) is 10.8. The third kappa shape index (κ3) is 6.30. The fraction of sp³-hybridized carbons (Fsp3) is 0.333. The number of nitrogens with one attached hydrogen (secondary N) is 1. The number of hydrogen-bond donors (Lipinski definition) is 2. The van der Waals surface area contributed by atoms with Crippen molar-refractivity contribution in [3.05, 3.63) is 95.6 Å². The fourth-order valence-electron chi connectivity index (χ4n) is 5.96. The van der Waals surface area contributed by atoms with Crippen molar-refractivity contribution in [3.63, 3.8) is 0 Å². The van der Waals surface area contributed by atoms with Gasteiger partial charge >= 0.3 is 18.0 Å². The summed E-state index contributed by atoms with van der Waals surface area (Å²) >= 11 is 0. The highest BCUT2D eigenvalue weighted by Crippen LogP contribution is 2.44. The molecule has 0 saturated carbocycles. The molecule has 218 valence electrons. The second-order valence-electron chi connectivity index (χ2n) is 10.8. The number of carbonyl (C=O) groups excluding carboxylic acids is 3. The van der Waals surface area contributed by atoms with Crippen molar-refractivity contribution in [2.24, 2.45) is 5.92 Å². The van der Waals surface area contributed by atoms with Crippen LogP contribution in [0.3, 0.4) is 0 Å². The first-order chi connectivity index (χ1) is 20.3. The van der Waals surface area contributed by atoms with Crippen molar-refractivity contribution in [1.82, 2.24) is 10.2 Å². The lowest BCUT2D eigenvalue weighted by Gasteiger charge is -2.39. The second kappa shape index (κ2) is 12.9. The Bertz CT molecular complexity index is 1410. The van der Waals surface area contributed by atoms with Gasteiger partial charge in [-0.3, -0.25) is 9.59 Å². The lowest BCUT2D eigenvalue weighted by Crippen LogP contribution is -2.58. The molecular weight excluding hydrogens is 536 g/mol. The summed E-state index contributed by atoms with van der Waals surface area (Å²) < 4.78 is 11.0. The summed E-state index contributed by atoms with van der Waals surface area (Å²) in [6, 6.07) is 22.5. The van der Waals surface area contributed by atoms with E-state index in [1.807, 2.05) is 66.7 Å². The first-order valence-corrected chi connectivity index (χ1v) is 14.2. The van der Waals surface area contributed by atoms with E-state index in [9.17, 15) is 24.3 Å². The van der Waals surface area contributed by atoms with Gasteiger partial charge in [-0.1, -0.05) is 85.8 Å². The molecule has 5 rings (SSSR count). The highest BCUT2D eigenvalue weighted by Gasteiger charge is 2.41. The molecule has 3 aromatic rings. The summed E-state index contributed by atoms with van der Waals surface area (Å²) in [6.07, 6.45) is -0.0625. The molecule has 1 saturated heterocycles. The Morgan fingerprint density at radius 2 is 1.52 bits per heavy atom. The third-order valence-corrected chi connectivity index (χ3v) is 8.02. The molecule has 2 aliphatic rings. The lowest BCUT2D eigenvalue weighted by molar-refractivity contribution is -0.157. The molecule has 1 aliphatic heterocycles. The number of aliphatic carboxylic acids is 1. The normalized spacial score (nSPS) is 18.4. The van der Waals surface area contributed by atoms with Gasteiger partial charge in [0.2, 0.25) is 5.91 Å². The molecule has 2 unspecified atom stereocenters. The number of hydrogen-bond acceptors (Lipinski definition) is 6. The number of fused-ring (bicyclic) bond motifs is 3. The standard InChI is InChI=1S/C33H34N2O7/c1-21-10-9-17-35(30(21)32(38)39)31(37)28(18-29(36)41-19-22-11-3-2-4-12-22)34-33(40)42-20-27-25-15-7-5-13-23(25)24-14-6-8-16-26(24)27/h2-8,11-16,21,27-28,30H,9-10,17-20H2,1H3,(H,34,40)(H,38,39)/t21?,28-,30?/m0/s1. The lowest BCUT2D eigenvalue weighted by atomic mass is 9.90. The van der Waals surface area contributed by atoms with Crippen LogP contribution in [0, 0.1) is 5.92 Å². The van der Waals surface area contributed by atoms with E-state index in [0.717, 1.165) is 27.8 Å². The van der Waals surface area contributed by atoms with Gasteiger partial charge in [0.1, 0.15) is 25.3 Å². The molecule has 2 amide bonds. The van der Waals surface area contributed by atoms with Gasteiger partial charge in [-0.25, -0.2) is 9.59 Å². The number of alkyl carbamates (subject to hydrolysis) is 1. The van der Waals surface area contributed by atoms with Crippen LogP contribution in [0.5, 0.6) is 0 Å². The van der Waals surface area contributed by atoms with Crippen LogP contribution in [0.4, 0.5) is 4.79 Å². The molecular formula is C33H34N2O7. The first-order valence-electron chi connectivity index (χ1n) is 14.2.